The van der Waals surface area contributed by atoms with Gasteiger partial charge in [0.1, 0.15) is 9.52 Å². The molecule has 1 heterocycles. The van der Waals surface area contributed by atoms with Crippen LogP contribution < -0.4 is 20.8 Å². The highest BCUT2D eigenvalue weighted by molar-refractivity contribution is 6.73. The number of benzene rings is 4. The topological polar surface area (TPSA) is 0 Å². The van der Waals surface area contributed by atoms with Crippen molar-refractivity contribution in [1.82, 2.24) is 0 Å². The second kappa shape index (κ2) is 7.43. The van der Waals surface area contributed by atoms with E-state index in [2.05, 4.69) is 109 Å². The third kappa shape index (κ3) is 2.97. The lowest BCUT2D eigenvalue weighted by Crippen LogP contribution is -2.26. The van der Waals surface area contributed by atoms with Gasteiger partial charge in [-0.25, -0.2) is 0 Å². The largest absolute Gasteiger partial charge is 0.123 e. The Morgan fingerprint density at radius 2 is 1.18 bits per heavy atom. The summed E-state index contributed by atoms with van der Waals surface area (Å²) < 4.78 is 0. The minimum Gasteiger partial charge on any atom is -0.0836 e. The average molecular weight is 435 g/mol. The predicted octanol–water partition coefficient (Wildman–Crippen LogP) is 4.72. The molecule has 4 aromatic carbocycles. The minimum absolute atomic E-state index is 0.851. The molecule has 1 heteroatoms. The van der Waals surface area contributed by atoms with Gasteiger partial charge in [0.25, 0.3) is 0 Å². The van der Waals surface area contributed by atoms with Crippen molar-refractivity contribution < 1.29 is 0 Å². The maximum Gasteiger partial charge on any atom is 0.123 e. The number of allylic oxidation sites excluding steroid dienone is 4. The van der Waals surface area contributed by atoms with Gasteiger partial charge >= 0.3 is 0 Å². The van der Waals surface area contributed by atoms with E-state index in [-0.39, 0.29) is 0 Å². The summed E-state index contributed by atoms with van der Waals surface area (Å²) in [6.07, 6.45) is 11.7. The second-order valence-electron chi connectivity index (χ2n) is 8.96. The zero-order valence-corrected chi connectivity index (χ0v) is 19.3. The third-order valence-electron chi connectivity index (χ3n) is 7.07. The number of hydrogen-bond donors (Lipinski definition) is 0. The van der Waals surface area contributed by atoms with Crippen molar-refractivity contribution in [2.45, 2.75) is 12.8 Å². The molecule has 154 valence electrons. The Kier molecular flexibility index (Phi) is 4.25. The summed E-state index contributed by atoms with van der Waals surface area (Å²) >= 11 is 0. The zero-order valence-electron chi connectivity index (χ0n) is 18.3. The number of fused-ring (bicyclic) bond motifs is 9. The molecule has 3 aliphatic carbocycles. The van der Waals surface area contributed by atoms with Crippen LogP contribution in [0, 0.1) is 0 Å². The fourth-order valence-electron chi connectivity index (χ4n) is 5.51. The monoisotopic (exact) mass is 434 g/mol. The normalized spacial score (nSPS) is 15.2. The van der Waals surface area contributed by atoms with Crippen LogP contribution in [0.5, 0.6) is 0 Å². The van der Waals surface area contributed by atoms with Crippen LogP contribution in [-0.4, -0.2) is 9.52 Å². The van der Waals surface area contributed by atoms with Crippen molar-refractivity contribution in [2.75, 3.05) is 0 Å². The van der Waals surface area contributed by atoms with Crippen LogP contribution in [0.4, 0.5) is 0 Å². The van der Waals surface area contributed by atoms with Crippen molar-refractivity contribution in [2.24, 2.45) is 0 Å². The summed E-state index contributed by atoms with van der Waals surface area (Å²) in [5, 5.41) is 5.81. The van der Waals surface area contributed by atoms with Crippen molar-refractivity contribution in [3.63, 3.8) is 0 Å². The molecule has 0 saturated carbocycles. The van der Waals surface area contributed by atoms with Crippen LogP contribution in [-0.2, 0) is 0 Å². The summed E-state index contributed by atoms with van der Waals surface area (Å²) in [4.78, 5) is 0. The van der Waals surface area contributed by atoms with E-state index in [1.54, 1.807) is 0 Å². The molecule has 0 bridgehead atoms. The SMILES string of the molecule is C1=CC2=C(C=c3c2ccc2c3=Cc3ccccc3-2)CC1.c1ccc2c(c1)[Si]c1ccccc1-2. The Balaban J connectivity index is 0.000000127. The molecule has 0 atom stereocenters. The maximum atomic E-state index is 2.41. The average Bonchev–Trinajstić information content (AvgIpc) is 3.55. The quantitative estimate of drug-likeness (QED) is 0.304. The molecule has 0 fully saturated rings. The van der Waals surface area contributed by atoms with Gasteiger partial charge in [0, 0.05) is 0 Å². The van der Waals surface area contributed by atoms with E-state index < -0.39 is 0 Å². The Hall–Kier alpha value is -3.68. The van der Waals surface area contributed by atoms with Crippen LogP contribution in [0.15, 0.2) is 103 Å². The lowest BCUT2D eigenvalue weighted by molar-refractivity contribution is 1.01. The van der Waals surface area contributed by atoms with E-state index in [0.29, 0.717) is 0 Å². The van der Waals surface area contributed by atoms with Crippen LogP contribution >= 0.6 is 0 Å². The van der Waals surface area contributed by atoms with Crippen molar-refractivity contribution in [1.29, 1.82) is 0 Å². The molecule has 2 radical (unpaired) electrons. The summed E-state index contributed by atoms with van der Waals surface area (Å²) in [7, 11) is 0.851. The molecule has 4 aliphatic rings. The Labute approximate surface area is 196 Å². The second-order valence-corrected chi connectivity index (χ2v) is 10.3. The van der Waals surface area contributed by atoms with Gasteiger partial charge in [0.15, 0.2) is 0 Å². The van der Waals surface area contributed by atoms with Crippen molar-refractivity contribution in [3.8, 4) is 22.3 Å². The number of rotatable bonds is 0. The van der Waals surface area contributed by atoms with Crippen molar-refractivity contribution in [3.05, 3.63) is 124 Å². The van der Waals surface area contributed by atoms with Crippen LogP contribution in [0.2, 0.25) is 0 Å². The number of hydrogen-bond acceptors (Lipinski definition) is 0. The van der Waals surface area contributed by atoms with Gasteiger partial charge in [-0.05, 0) is 80.0 Å². The fourth-order valence-corrected chi connectivity index (χ4v) is 6.86. The van der Waals surface area contributed by atoms with Gasteiger partial charge in [-0.15, -0.1) is 0 Å². The highest BCUT2D eigenvalue weighted by Gasteiger charge is 2.20. The highest BCUT2D eigenvalue weighted by atomic mass is 28.2. The molecule has 0 aromatic heterocycles. The fraction of sp³-hybridized carbons (Fsp3) is 0.0625. The predicted molar refractivity (Wildman–Crippen MR) is 141 cm³/mol. The zero-order chi connectivity index (χ0) is 21.8. The highest BCUT2D eigenvalue weighted by Crippen LogP contribution is 2.32. The minimum atomic E-state index is 0.851. The van der Waals surface area contributed by atoms with Crippen LogP contribution in [0.3, 0.4) is 0 Å². The molecule has 0 amide bonds. The van der Waals surface area contributed by atoms with Gasteiger partial charge in [0.2, 0.25) is 0 Å². The van der Waals surface area contributed by atoms with Crippen LogP contribution in [0.25, 0.3) is 40.0 Å². The molecular weight excluding hydrogens is 412 g/mol. The Morgan fingerprint density at radius 1 is 0.545 bits per heavy atom. The summed E-state index contributed by atoms with van der Waals surface area (Å²) in [5.41, 5.74) is 11.3. The molecule has 1 aliphatic heterocycles. The van der Waals surface area contributed by atoms with E-state index >= 15 is 0 Å². The molecule has 0 saturated heterocycles. The molecule has 0 N–H and O–H groups in total. The molecule has 8 rings (SSSR count). The summed E-state index contributed by atoms with van der Waals surface area (Å²) in [5.74, 6) is 0. The molecule has 0 spiro atoms. The van der Waals surface area contributed by atoms with Crippen molar-refractivity contribution >= 4 is 37.6 Å². The van der Waals surface area contributed by atoms with E-state index in [9.17, 15) is 0 Å². The molecule has 0 nitrogen and oxygen atoms in total. The molecule has 33 heavy (non-hydrogen) atoms. The Bertz CT molecular complexity index is 1590. The smallest absolute Gasteiger partial charge is 0.0836 e. The van der Waals surface area contributed by atoms with Crippen LogP contribution in [0.1, 0.15) is 24.0 Å². The van der Waals surface area contributed by atoms with Gasteiger partial charge in [-0.3, -0.25) is 0 Å². The first kappa shape index (κ1) is 18.8. The first-order valence-electron chi connectivity index (χ1n) is 11.7. The van der Waals surface area contributed by atoms with E-state index in [1.807, 2.05) is 0 Å². The van der Waals surface area contributed by atoms with E-state index in [0.717, 1.165) is 9.52 Å². The van der Waals surface area contributed by atoms with Gasteiger partial charge < -0.3 is 0 Å². The molecule has 4 aromatic rings. The van der Waals surface area contributed by atoms with E-state index in [1.165, 1.54) is 78.2 Å². The first-order valence-corrected chi connectivity index (χ1v) is 12.7. The van der Waals surface area contributed by atoms with Gasteiger partial charge in [-0.2, -0.15) is 0 Å². The first-order chi connectivity index (χ1) is 16.4. The van der Waals surface area contributed by atoms with E-state index in [4.69, 9.17) is 0 Å². The summed E-state index contributed by atoms with van der Waals surface area (Å²) in [6, 6.07) is 30.7. The lowest BCUT2D eigenvalue weighted by atomic mass is 9.96. The molecular formula is C32H22Si. The molecule has 0 unspecified atom stereocenters. The Morgan fingerprint density at radius 3 is 1.97 bits per heavy atom. The third-order valence-corrected chi connectivity index (χ3v) is 8.48. The van der Waals surface area contributed by atoms with Gasteiger partial charge in [0.05, 0.1) is 0 Å². The van der Waals surface area contributed by atoms with Gasteiger partial charge in [-0.1, -0.05) is 107 Å². The lowest BCUT2D eigenvalue weighted by Gasteiger charge is -2.08. The maximum absolute atomic E-state index is 2.41. The summed E-state index contributed by atoms with van der Waals surface area (Å²) in [6.45, 7) is 0. The standard InChI is InChI=1S/C20H14.C12H8Si/c1-3-7-15-13(5-1)11-19-17(15)9-10-18-16-8-4-2-6-14(16)12-20(18)19;1-3-7-11-9(5-1)10-6-2-4-8-12(10)13-11/h1,3-5,7-12H,2,6H2;1-8H.